The Morgan fingerprint density at radius 3 is 2.34 bits per heavy atom. The lowest BCUT2D eigenvalue weighted by Crippen LogP contribution is -2.40. The van der Waals surface area contributed by atoms with E-state index in [0.29, 0.717) is 37.2 Å². The number of hydrogen-bond acceptors (Lipinski definition) is 6. The van der Waals surface area contributed by atoms with Crippen LogP contribution in [0.3, 0.4) is 0 Å². The highest BCUT2D eigenvalue weighted by Crippen LogP contribution is 2.29. The van der Waals surface area contributed by atoms with Crippen molar-refractivity contribution in [2.24, 2.45) is 4.99 Å². The monoisotopic (exact) mass is 509 g/mol. The van der Waals surface area contributed by atoms with Gasteiger partial charge in [-0.25, -0.2) is 13.4 Å². The van der Waals surface area contributed by atoms with Gasteiger partial charge in [-0.3, -0.25) is 10.9 Å². The zero-order chi connectivity index (χ0) is 24.4. The van der Waals surface area contributed by atoms with E-state index in [9.17, 15) is 8.42 Å². The van der Waals surface area contributed by atoms with Crippen LogP contribution in [0.25, 0.3) is 11.4 Å². The molecule has 182 valence electrons. The van der Waals surface area contributed by atoms with E-state index in [-0.39, 0.29) is 4.90 Å². The van der Waals surface area contributed by atoms with Crippen LogP contribution in [0, 0.1) is 13.8 Å². The molecule has 0 radical (unpaired) electrons. The summed E-state index contributed by atoms with van der Waals surface area (Å²) in [7, 11) is -3.52. The lowest BCUT2D eigenvalue weighted by atomic mass is 10.2. The second-order valence-corrected chi connectivity index (χ2v) is 11.1. The average Bonchev–Trinajstić information content (AvgIpc) is 3.19. The Hall–Kier alpha value is -3.05. The molecule has 0 amide bonds. The average molecular weight is 510 g/mol. The van der Waals surface area contributed by atoms with E-state index in [2.05, 4.69) is 52.5 Å². The number of rotatable bonds is 5. The molecule has 1 aromatic heterocycles. The molecule has 2 N–H and O–H groups in total. The molecule has 3 heterocycles. The number of amidine groups is 1. The molecule has 35 heavy (non-hydrogen) atoms. The van der Waals surface area contributed by atoms with Crippen molar-refractivity contribution in [3.8, 4) is 5.69 Å². The van der Waals surface area contributed by atoms with Crippen molar-refractivity contribution < 1.29 is 13.2 Å². The summed E-state index contributed by atoms with van der Waals surface area (Å²) in [5.41, 5.74) is 12.6. The lowest BCUT2D eigenvalue weighted by molar-refractivity contribution is 0.0730. The van der Waals surface area contributed by atoms with Gasteiger partial charge < -0.3 is 9.30 Å². The highest BCUT2D eigenvalue weighted by Gasteiger charge is 2.26. The van der Waals surface area contributed by atoms with Crippen molar-refractivity contribution in [1.29, 1.82) is 0 Å². The first-order chi connectivity index (χ1) is 16.9. The summed E-state index contributed by atoms with van der Waals surface area (Å²) in [4.78, 5) is 4.87. The number of aliphatic imine (C=N–C) groups is 1. The summed E-state index contributed by atoms with van der Waals surface area (Å²) in [6, 6.07) is 19.1. The van der Waals surface area contributed by atoms with E-state index in [4.69, 9.17) is 4.74 Å². The first-order valence-corrected chi connectivity index (χ1v) is 13.7. The molecule has 2 aliphatic heterocycles. The topological polar surface area (TPSA) is 88.0 Å². The van der Waals surface area contributed by atoms with Crippen LogP contribution in [0.5, 0.6) is 0 Å². The second-order valence-electron chi connectivity index (χ2n) is 8.28. The molecule has 5 rings (SSSR count). The number of thioether (sulfide) groups is 1. The molecule has 0 saturated carbocycles. The minimum absolute atomic E-state index is 0.265. The van der Waals surface area contributed by atoms with Gasteiger partial charge in [-0.05, 0) is 56.3 Å². The first kappa shape index (κ1) is 23.7. The molecule has 1 saturated heterocycles. The quantitative estimate of drug-likeness (QED) is 0.542. The molecule has 2 aliphatic rings. The summed E-state index contributed by atoms with van der Waals surface area (Å²) in [5.74, 6) is 0. The third-order valence-corrected chi connectivity index (χ3v) is 8.69. The van der Waals surface area contributed by atoms with Gasteiger partial charge in [-0.1, -0.05) is 30.0 Å². The molecule has 0 atom stereocenters. The molecule has 1 fully saturated rings. The van der Waals surface area contributed by atoms with Gasteiger partial charge in [0.1, 0.15) is 0 Å². The van der Waals surface area contributed by atoms with Crippen molar-refractivity contribution in [3.63, 3.8) is 0 Å². The number of hydrogen-bond donors (Lipinski definition) is 2. The van der Waals surface area contributed by atoms with Crippen molar-refractivity contribution in [3.05, 3.63) is 83.0 Å². The number of morpholine rings is 1. The molecule has 2 aromatic carbocycles. The van der Waals surface area contributed by atoms with E-state index in [1.807, 2.05) is 23.6 Å². The molecular weight excluding hydrogens is 482 g/mol. The fourth-order valence-electron chi connectivity index (χ4n) is 4.24. The van der Waals surface area contributed by atoms with Crippen molar-refractivity contribution >= 4 is 38.3 Å². The van der Waals surface area contributed by atoms with E-state index < -0.39 is 10.0 Å². The SMILES string of the molecule is Cc1cc(C2=CSC(=Nc3ccc(S(=O)(=O)N4CCOCC4)cc3)NN2)c(C)n1-c1ccccc1. The number of para-hydroxylation sites is 1. The van der Waals surface area contributed by atoms with Gasteiger partial charge >= 0.3 is 0 Å². The van der Waals surface area contributed by atoms with Gasteiger partial charge in [0, 0.05) is 41.1 Å². The van der Waals surface area contributed by atoms with Crippen LogP contribution in [0.1, 0.15) is 17.0 Å². The minimum Gasteiger partial charge on any atom is -0.379 e. The van der Waals surface area contributed by atoms with Crippen molar-refractivity contribution in [1.82, 2.24) is 19.7 Å². The molecule has 8 nitrogen and oxygen atoms in total. The van der Waals surface area contributed by atoms with Gasteiger partial charge in [0.25, 0.3) is 0 Å². The van der Waals surface area contributed by atoms with Crippen LogP contribution in [-0.4, -0.2) is 48.8 Å². The van der Waals surface area contributed by atoms with E-state index in [0.717, 1.165) is 28.3 Å². The summed E-state index contributed by atoms with van der Waals surface area (Å²) in [6.45, 7) is 5.81. The minimum atomic E-state index is -3.52. The fraction of sp³-hybridized carbons (Fsp3) is 0.240. The van der Waals surface area contributed by atoms with Crippen molar-refractivity contribution in [2.75, 3.05) is 26.3 Å². The predicted octanol–water partition coefficient (Wildman–Crippen LogP) is 3.94. The highest BCUT2D eigenvalue weighted by molar-refractivity contribution is 8.16. The predicted molar refractivity (Wildman–Crippen MR) is 140 cm³/mol. The number of nitrogens with one attached hydrogen (secondary N) is 2. The Balaban J connectivity index is 1.31. The summed E-state index contributed by atoms with van der Waals surface area (Å²) < 4.78 is 34.6. The standard InChI is InChI=1S/C25H27N5O3S2/c1-18-16-23(19(2)30(18)21-6-4-3-5-7-21)24-17-34-25(28-27-24)26-20-8-10-22(11-9-20)35(31,32)29-12-14-33-15-13-29/h3-11,16-17,27H,12-15H2,1-2H3,(H,26,28). The van der Waals surface area contributed by atoms with Crippen molar-refractivity contribution in [2.45, 2.75) is 18.7 Å². The Bertz CT molecular complexity index is 1370. The zero-order valence-corrected chi connectivity index (χ0v) is 21.2. The van der Waals surface area contributed by atoms with Gasteiger partial charge in [0.05, 0.1) is 29.5 Å². The maximum Gasteiger partial charge on any atom is 0.243 e. The van der Waals surface area contributed by atoms with Crippen LogP contribution in [0.2, 0.25) is 0 Å². The van der Waals surface area contributed by atoms with E-state index in [1.165, 1.54) is 16.1 Å². The Labute approximate surface area is 209 Å². The third kappa shape index (κ3) is 4.87. The molecule has 0 unspecified atom stereocenters. The van der Waals surface area contributed by atoms with Crippen LogP contribution in [-0.2, 0) is 14.8 Å². The summed E-state index contributed by atoms with van der Waals surface area (Å²) in [5, 5.41) is 2.71. The van der Waals surface area contributed by atoms with Crippen LogP contribution in [0.15, 0.2) is 76.0 Å². The number of ether oxygens (including phenoxy) is 1. The Morgan fingerprint density at radius 2 is 1.69 bits per heavy atom. The molecule has 3 aromatic rings. The van der Waals surface area contributed by atoms with E-state index in [1.54, 1.807) is 24.3 Å². The Morgan fingerprint density at radius 1 is 0.971 bits per heavy atom. The van der Waals surface area contributed by atoms with Crippen LogP contribution in [0.4, 0.5) is 5.69 Å². The number of aryl methyl sites for hydroxylation is 1. The zero-order valence-electron chi connectivity index (χ0n) is 19.6. The maximum absolute atomic E-state index is 12.8. The smallest absolute Gasteiger partial charge is 0.243 e. The molecule has 0 bridgehead atoms. The number of hydrazine groups is 1. The maximum atomic E-state index is 12.8. The third-order valence-electron chi connectivity index (χ3n) is 6.00. The number of nitrogens with zero attached hydrogens (tertiary/aromatic N) is 3. The summed E-state index contributed by atoms with van der Waals surface area (Å²) in [6.07, 6.45) is 0. The number of aromatic nitrogens is 1. The lowest BCUT2D eigenvalue weighted by Gasteiger charge is -2.26. The van der Waals surface area contributed by atoms with Crippen LogP contribution >= 0.6 is 11.8 Å². The molecule has 0 aliphatic carbocycles. The van der Waals surface area contributed by atoms with Gasteiger partial charge in [-0.15, -0.1) is 0 Å². The molecule has 10 heteroatoms. The normalized spacial score (nSPS) is 18.1. The second kappa shape index (κ2) is 9.90. The van der Waals surface area contributed by atoms with Gasteiger partial charge in [-0.2, -0.15) is 4.31 Å². The van der Waals surface area contributed by atoms with Crippen LogP contribution < -0.4 is 10.9 Å². The fourth-order valence-corrected chi connectivity index (χ4v) is 6.33. The van der Waals surface area contributed by atoms with E-state index >= 15 is 0 Å². The number of benzene rings is 2. The first-order valence-electron chi connectivity index (χ1n) is 11.3. The highest BCUT2D eigenvalue weighted by atomic mass is 32.2. The Kier molecular flexibility index (Phi) is 6.70. The molecule has 0 spiro atoms. The van der Waals surface area contributed by atoms with Gasteiger partial charge in [0.15, 0.2) is 5.17 Å². The van der Waals surface area contributed by atoms with Gasteiger partial charge in [0.2, 0.25) is 10.0 Å². The number of sulfonamides is 1. The largest absolute Gasteiger partial charge is 0.379 e. The summed E-state index contributed by atoms with van der Waals surface area (Å²) >= 11 is 1.48. The molecular formula is C25H27N5O3S2.